The molecule has 1 aliphatic rings. The highest BCUT2D eigenvalue weighted by atomic mass is 127. The number of halogens is 1. The average molecular weight is 330 g/mol. The molecule has 1 saturated heterocycles. The number of rotatable bonds is 1. The second kappa shape index (κ2) is 5.14. The van der Waals surface area contributed by atoms with Crippen LogP contribution < -0.4 is 0 Å². The molecule has 3 nitrogen and oxygen atoms in total. The van der Waals surface area contributed by atoms with Crippen LogP contribution in [0.15, 0.2) is 24.3 Å². The van der Waals surface area contributed by atoms with Crippen LogP contribution in [-0.4, -0.2) is 48.9 Å². The molecular formula is C12H15IN2O. The van der Waals surface area contributed by atoms with Crippen LogP contribution >= 0.6 is 22.6 Å². The Morgan fingerprint density at radius 1 is 1.19 bits per heavy atom. The van der Waals surface area contributed by atoms with Crippen LogP contribution in [0.25, 0.3) is 0 Å². The monoisotopic (exact) mass is 330 g/mol. The summed E-state index contributed by atoms with van der Waals surface area (Å²) in [7, 11) is 2.09. The number of carbonyl (C=O) groups excluding carboxylic acids is 1. The minimum atomic E-state index is 0.165. The molecule has 0 N–H and O–H groups in total. The summed E-state index contributed by atoms with van der Waals surface area (Å²) in [5, 5.41) is 0. The standard InChI is InChI=1S/C12H15IN2O/c1-14-6-8-15(9-7-14)12(16)10-4-2-3-5-11(10)13/h2-5H,6-9H2,1H3. The topological polar surface area (TPSA) is 23.6 Å². The Bertz CT molecular complexity index is 386. The van der Waals surface area contributed by atoms with Crippen molar-refractivity contribution in [3.8, 4) is 0 Å². The third-order valence-electron chi connectivity index (χ3n) is 2.89. The molecule has 0 bridgehead atoms. The zero-order chi connectivity index (χ0) is 11.5. The molecule has 0 unspecified atom stereocenters. The van der Waals surface area contributed by atoms with E-state index in [1.165, 1.54) is 0 Å². The van der Waals surface area contributed by atoms with E-state index in [0.717, 1.165) is 35.3 Å². The van der Waals surface area contributed by atoms with E-state index in [-0.39, 0.29) is 5.91 Å². The van der Waals surface area contributed by atoms with Crippen LogP contribution in [-0.2, 0) is 0 Å². The largest absolute Gasteiger partial charge is 0.336 e. The molecule has 1 aliphatic heterocycles. The highest BCUT2D eigenvalue weighted by Crippen LogP contribution is 2.14. The molecule has 1 amide bonds. The van der Waals surface area contributed by atoms with E-state index in [2.05, 4.69) is 34.5 Å². The summed E-state index contributed by atoms with van der Waals surface area (Å²) < 4.78 is 1.03. The number of piperazine rings is 1. The first-order chi connectivity index (χ1) is 7.68. The molecule has 1 fully saturated rings. The summed E-state index contributed by atoms with van der Waals surface area (Å²) in [5.41, 5.74) is 0.827. The van der Waals surface area contributed by atoms with Crippen molar-refractivity contribution in [3.63, 3.8) is 0 Å². The normalized spacial score (nSPS) is 17.5. The van der Waals surface area contributed by atoms with Gasteiger partial charge in [0.15, 0.2) is 0 Å². The second-order valence-corrected chi connectivity index (χ2v) is 5.24. The molecule has 1 aromatic carbocycles. The maximum Gasteiger partial charge on any atom is 0.255 e. The van der Waals surface area contributed by atoms with Crippen molar-refractivity contribution in [2.45, 2.75) is 0 Å². The first-order valence-electron chi connectivity index (χ1n) is 5.41. The number of hydrogen-bond acceptors (Lipinski definition) is 2. The van der Waals surface area contributed by atoms with Gasteiger partial charge in [0, 0.05) is 29.7 Å². The van der Waals surface area contributed by atoms with Crippen LogP contribution in [0.5, 0.6) is 0 Å². The van der Waals surface area contributed by atoms with Crippen LogP contribution in [0.4, 0.5) is 0 Å². The third kappa shape index (κ3) is 2.55. The second-order valence-electron chi connectivity index (χ2n) is 4.08. The van der Waals surface area contributed by atoms with E-state index in [0.29, 0.717) is 0 Å². The molecule has 1 heterocycles. The van der Waals surface area contributed by atoms with Gasteiger partial charge in [-0.1, -0.05) is 12.1 Å². The molecule has 0 atom stereocenters. The Morgan fingerprint density at radius 3 is 2.44 bits per heavy atom. The molecule has 1 aromatic rings. The van der Waals surface area contributed by atoms with E-state index in [9.17, 15) is 4.79 Å². The molecule has 0 aliphatic carbocycles. The minimum absolute atomic E-state index is 0.165. The van der Waals surface area contributed by atoms with Gasteiger partial charge < -0.3 is 9.80 Å². The van der Waals surface area contributed by atoms with Gasteiger partial charge in [0.05, 0.1) is 5.56 Å². The maximum atomic E-state index is 12.2. The summed E-state index contributed by atoms with van der Waals surface area (Å²) >= 11 is 2.22. The van der Waals surface area contributed by atoms with E-state index in [1.807, 2.05) is 29.2 Å². The molecule has 2 rings (SSSR count). The van der Waals surface area contributed by atoms with Crippen molar-refractivity contribution in [1.82, 2.24) is 9.80 Å². The zero-order valence-corrected chi connectivity index (χ0v) is 11.5. The van der Waals surface area contributed by atoms with Crippen molar-refractivity contribution in [2.24, 2.45) is 0 Å². The highest BCUT2D eigenvalue weighted by molar-refractivity contribution is 14.1. The van der Waals surface area contributed by atoms with Gasteiger partial charge in [-0.3, -0.25) is 4.79 Å². The van der Waals surface area contributed by atoms with Gasteiger partial charge in [0.25, 0.3) is 5.91 Å². The highest BCUT2D eigenvalue weighted by Gasteiger charge is 2.21. The van der Waals surface area contributed by atoms with Gasteiger partial charge in [-0.05, 0) is 41.8 Å². The van der Waals surface area contributed by atoms with E-state index in [4.69, 9.17) is 0 Å². The lowest BCUT2D eigenvalue weighted by atomic mass is 10.2. The Morgan fingerprint density at radius 2 is 1.81 bits per heavy atom. The smallest absolute Gasteiger partial charge is 0.255 e. The minimum Gasteiger partial charge on any atom is -0.336 e. The number of likely N-dealkylation sites (N-methyl/N-ethyl adjacent to an activating group) is 1. The van der Waals surface area contributed by atoms with Gasteiger partial charge in [-0.15, -0.1) is 0 Å². The summed E-state index contributed by atoms with van der Waals surface area (Å²) in [5.74, 6) is 0.165. The molecule has 0 spiro atoms. The third-order valence-corrected chi connectivity index (χ3v) is 3.84. The summed E-state index contributed by atoms with van der Waals surface area (Å²) in [6, 6.07) is 7.76. The fourth-order valence-corrected chi connectivity index (χ4v) is 2.43. The van der Waals surface area contributed by atoms with Crippen molar-refractivity contribution < 1.29 is 4.79 Å². The SMILES string of the molecule is CN1CCN(C(=O)c2ccccc2I)CC1. The fourth-order valence-electron chi connectivity index (χ4n) is 1.81. The van der Waals surface area contributed by atoms with E-state index in [1.54, 1.807) is 0 Å². The van der Waals surface area contributed by atoms with E-state index < -0.39 is 0 Å². The predicted molar refractivity (Wildman–Crippen MR) is 72.6 cm³/mol. The lowest BCUT2D eigenvalue weighted by molar-refractivity contribution is 0.0663. The quantitative estimate of drug-likeness (QED) is 0.732. The van der Waals surface area contributed by atoms with Gasteiger partial charge in [-0.2, -0.15) is 0 Å². The summed E-state index contributed by atoms with van der Waals surface area (Å²) in [6.07, 6.45) is 0. The first kappa shape index (κ1) is 11.9. The predicted octanol–water partition coefficient (Wildman–Crippen LogP) is 1.68. The lowest BCUT2D eigenvalue weighted by Gasteiger charge is -2.32. The number of amides is 1. The first-order valence-corrected chi connectivity index (χ1v) is 6.48. The van der Waals surface area contributed by atoms with Crippen molar-refractivity contribution in [1.29, 1.82) is 0 Å². The molecule has 0 radical (unpaired) electrons. The van der Waals surface area contributed by atoms with Crippen LogP contribution in [0.1, 0.15) is 10.4 Å². The Labute approximate surface area is 110 Å². The van der Waals surface area contributed by atoms with Crippen molar-refractivity contribution in [2.75, 3.05) is 33.2 Å². The number of benzene rings is 1. The number of carbonyl (C=O) groups is 1. The summed E-state index contributed by atoms with van der Waals surface area (Å²) in [4.78, 5) is 16.4. The van der Waals surface area contributed by atoms with Gasteiger partial charge >= 0.3 is 0 Å². The van der Waals surface area contributed by atoms with Gasteiger partial charge in [0.1, 0.15) is 0 Å². The molecule has 4 heteroatoms. The maximum absolute atomic E-state index is 12.2. The Kier molecular flexibility index (Phi) is 3.81. The van der Waals surface area contributed by atoms with Gasteiger partial charge in [-0.25, -0.2) is 0 Å². The molecule has 0 saturated carbocycles. The van der Waals surface area contributed by atoms with Crippen LogP contribution in [0.2, 0.25) is 0 Å². The molecule has 0 aromatic heterocycles. The van der Waals surface area contributed by atoms with Crippen molar-refractivity contribution >= 4 is 28.5 Å². The Balaban J connectivity index is 2.11. The van der Waals surface area contributed by atoms with Crippen LogP contribution in [0.3, 0.4) is 0 Å². The lowest BCUT2D eigenvalue weighted by Crippen LogP contribution is -2.47. The molecule has 86 valence electrons. The van der Waals surface area contributed by atoms with Gasteiger partial charge in [0.2, 0.25) is 0 Å². The average Bonchev–Trinajstić information content (AvgIpc) is 2.30. The number of nitrogens with zero attached hydrogens (tertiary/aromatic N) is 2. The zero-order valence-electron chi connectivity index (χ0n) is 9.32. The molecular weight excluding hydrogens is 315 g/mol. The van der Waals surface area contributed by atoms with Crippen molar-refractivity contribution in [3.05, 3.63) is 33.4 Å². The fraction of sp³-hybridized carbons (Fsp3) is 0.417. The summed E-state index contributed by atoms with van der Waals surface area (Å²) in [6.45, 7) is 3.60. The van der Waals surface area contributed by atoms with E-state index >= 15 is 0 Å². The Hall–Kier alpha value is -0.620. The number of hydrogen-bond donors (Lipinski definition) is 0. The molecule has 16 heavy (non-hydrogen) atoms. The van der Waals surface area contributed by atoms with Crippen LogP contribution in [0, 0.1) is 3.57 Å².